The van der Waals surface area contributed by atoms with Gasteiger partial charge in [-0.1, -0.05) is 0 Å². The minimum atomic E-state index is 0. The maximum Gasteiger partial charge on any atom is 2.00 e. The maximum absolute atomic E-state index is 8.25. The van der Waals surface area contributed by atoms with Crippen LogP contribution in [0.1, 0.15) is 0 Å². The largest absolute Gasteiger partial charge is 2.00 e. The van der Waals surface area contributed by atoms with E-state index in [1.54, 1.807) is 0 Å². The predicted octanol–water partition coefficient (Wildman–Crippen LogP) is -6.07. The topological polar surface area (TPSA) is 69.2 Å². The Morgan fingerprint density at radius 3 is 0.625 bits per heavy atom. The molecule has 0 aliphatic rings. The third-order valence-electron chi connectivity index (χ3n) is 0. The molecular weight excluding hydrogens is 166 g/mol. The molecule has 0 heterocycles. The molecule has 0 bridgehead atoms. The maximum atomic E-state index is 8.25. The van der Waals surface area contributed by atoms with Crippen LogP contribution in [-0.4, -0.2) is 21.3 Å². The van der Waals surface area contributed by atoms with Crippen LogP contribution in [0, 0.1) is 0 Å². The Hall–Kier alpha value is 1.37. The van der Waals surface area contributed by atoms with Crippen molar-refractivity contribution in [3.63, 3.8) is 0 Å². The van der Waals surface area contributed by atoms with Crippen LogP contribution >= 0.6 is 0 Å². The van der Waals surface area contributed by atoms with Crippen molar-refractivity contribution in [2.24, 2.45) is 0 Å². The van der Waals surface area contributed by atoms with Gasteiger partial charge in [0, 0.05) is 0 Å². The van der Waals surface area contributed by atoms with E-state index in [2.05, 4.69) is 0 Å². The molecule has 0 aromatic carbocycles. The van der Waals surface area contributed by atoms with Gasteiger partial charge in [0.05, 0.1) is 0 Å². The second-order valence-corrected chi connectivity index (χ2v) is 0. The van der Waals surface area contributed by atoms with Gasteiger partial charge < -0.3 is 15.3 Å². The Morgan fingerprint density at radius 1 is 0.625 bits per heavy atom. The van der Waals surface area contributed by atoms with E-state index in [-0.39, 0.29) is 46.0 Å². The molecule has 0 fully saturated rings. The normalized spacial score (nSPS) is 2.25. The van der Waals surface area contributed by atoms with E-state index >= 15 is 0 Å². The zero-order valence-corrected chi connectivity index (χ0v) is 8.53. The summed E-state index contributed by atoms with van der Waals surface area (Å²) in [6.07, 6.45) is 0. The van der Waals surface area contributed by atoms with E-state index in [0.29, 0.717) is 0 Å². The number of rotatable bonds is 0. The van der Waals surface area contributed by atoms with E-state index in [1.165, 1.54) is 0 Å². The third kappa shape index (κ3) is 159. The summed E-state index contributed by atoms with van der Waals surface area (Å²) in [5, 5.41) is 24.8. The molecule has 0 rings (SSSR count). The summed E-state index contributed by atoms with van der Waals surface area (Å²) in [5.41, 5.74) is 0. The predicted molar refractivity (Wildman–Crippen MR) is 17.8 cm³/mol. The molecule has 0 amide bonds. The molecule has 0 radical (unpaired) electrons. The van der Waals surface area contributed by atoms with Crippen molar-refractivity contribution >= 4 is 0 Å². The summed E-state index contributed by atoms with van der Waals surface area (Å²) in [5.74, 6) is 0. The quantitative estimate of drug-likeness (QED) is 0.344. The summed E-state index contributed by atoms with van der Waals surface area (Å²) in [6, 6.07) is 0. The van der Waals surface area contributed by atoms with Gasteiger partial charge in [0.25, 0.3) is 0 Å². The fourth-order valence-corrected chi connectivity index (χ4v) is 0. The van der Waals surface area contributed by atoms with Crippen LogP contribution in [0.2, 0.25) is 0 Å². The van der Waals surface area contributed by atoms with Crippen LogP contribution in [0.5, 0.6) is 0 Å². The summed E-state index contributed by atoms with van der Waals surface area (Å²) in [4.78, 5) is 0. The van der Waals surface area contributed by atoms with Crippen LogP contribution in [0.15, 0.2) is 0 Å². The fourth-order valence-electron chi connectivity index (χ4n) is 0. The Bertz CT molecular complexity index is 14.5. The van der Waals surface area contributed by atoms with Gasteiger partial charge in [-0.15, -0.1) is 0 Å². The van der Waals surface area contributed by atoms with Crippen LogP contribution in [0.25, 0.3) is 0 Å². The van der Waals surface area contributed by atoms with Gasteiger partial charge >= 0.3 is 46.0 Å². The Morgan fingerprint density at radius 2 is 0.625 bits per heavy atom. The first-order valence-electron chi connectivity index (χ1n) is 1.22. The van der Waals surface area contributed by atoms with Crippen molar-refractivity contribution in [2.45, 2.75) is 0 Å². The molecule has 0 atom stereocenters. The van der Waals surface area contributed by atoms with Gasteiger partial charge in [0.2, 0.25) is 0 Å². The van der Waals surface area contributed by atoms with Crippen molar-refractivity contribution < 1.29 is 61.4 Å². The molecular formula is C3H9NaNiO3. The average Bonchev–Trinajstić information content (AvgIpc) is 1.81. The summed E-state index contributed by atoms with van der Waals surface area (Å²) in [6.45, 7) is 0. The molecule has 3 nitrogen and oxygen atoms in total. The molecule has 50 valence electrons. The van der Waals surface area contributed by atoms with Crippen LogP contribution in [0.3, 0.4) is 0 Å². The molecule has 5 heteroatoms. The van der Waals surface area contributed by atoms with Crippen molar-refractivity contribution in [3.8, 4) is 0 Å². The Kier molecular flexibility index (Phi) is 1040. The molecule has 0 unspecified atom stereocenters. The molecule has 0 aromatic heterocycles. The van der Waals surface area contributed by atoms with E-state index in [9.17, 15) is 0 Å². The van der Waals surface area contributed by atoms with Gasteiger partial charge in [0.15, 0.2) is 0 Å². The first kappa shape index (κ1) is 34.4. The van der Waals surface area contributed by atoms with Gasteiger partial charge in [-0.3, -0.25) is 0 Å². The minimum Gasteiger partial charge on any atom is -0.857 e. The second-order valence-electron chi connectivity index (χ2n) is 0. The summed E-state index contributed by atoms with van der Waals surface area (Å²) < 4.78 is 0. The first-order chi connectivity index (χ1) is 3.00. The minimum absolute atomic E-state index is 0. The standard InChI is InChI=1S/3CH3O.Na.Ni/c3*1-2;;/h3*1H3;;/q3*-1;+1;+2. The zero-order chi connectivity index (χ0) is 6.00. The molecule has 8 heavy (non-hydrogen) atoms. The van der Waals surface area contributed by atoms with Crippen LogP contribution in [-0.2, 0) is 16.5 Å². The smallest absolute Gasteiger partial charge is 0.857 e. The van der Waals surface area contributed by atoms with Gasteiger partial charge in [0.1, 0.15) is 0 Å². The van der Waals surface area contributed by atoms with Gasteiger partial charge in [-0.05, 0) is 0 Å². The van der Waals surface area contributed by atoms with Gasteiger partial charge in [-0.25, -0.2) is 0 Å². The van der Waals surface area contributed by atoms with Crippen molar-refractivity contribution in [3.05, 3.63) is 0 Å². The van der Waals surface area contributed by atoms with Crippen molar-refractivity contribution in [1.29, 1.82) is 0 Å². The van der Waals surface area contributed by atoms with Crippen molar-refractivity contribution in [1.82, 2.24) is 0 Å². The van der Waals surface area contributed by atoms with E-state index < -0.39 is 0 Å². The SMILES string of the molecule is C[O-].C[O-].C[O-].[Na+].[Ni+2]. The molecule has 0 aromatic rings. The molecule has 0 aliphatic heterocycles. The second kappa shape index (κ2) is 241. The average molecular weight is 175 g/mol. The summed E-state index contributed by atoms with van der Waals surface area (Å²) >= 11 is 0. The first-order valence-corrected chi connectivity index (χ1v) is 1.22. The zero-order valence-electron chi connectivity index (χ0n) is 5.54. The van der Waals surface area contributed by atoms with E-state index in [4.69, 9.17) is 15.3 Å². The van der Waals surface area contributed by atoms with Crippen LogP contribution < -0.4 is 44.9 Å². The Balaban J connectivity index is -0.00000000500. The monoisotopic (exact) mass is 174 g/mol. The van der Waals surface area contributed by atoms with E-state index in [1.807, 2.05) is 0 Å². The third-order valence-corrected chi connectivity index (χ3v) is 0. The molecule has 0 saturated carbocycles. The Labute approximate surface area is 82.3 Å². The molecule has 0 spiro atoms. The van der Waals surface area contributed by atoms with E-state index in [0.717, 1.165) is 21.3 Å². The number of hydrogen-bond acceptors (Lipinski definition) is 3. The number of hydrogen-bond donors (Lipinski definition) is 0. The van der Waals surface area contributed by atoms with Crippen LogP contribution in [0.4, 0.5) is 0 Å². The van der Waals surface area contributed by atoms with Crippen molar-refractivity contribution in [2.75, 3.05) is 21.3 Å². The fraction of sp³-hybridized carbons (Fsp3) is 1.00. The molecule has 0 N–H and O–H groups in total. The molecule has 0 saturated heterocycles. The molecule has 0 aliphatic carbocycles. The summed E-state index contributed by atoms with van der Waals surface area (Å²) in [7, 11) is 2.25. The van der Waals surface area contributed by atoms with Gasteiger partial charge in [-0.2, -0.15) is 21.3 Å².